The highest BCUT2D eigenvalue weighted by atomic mass is 19.4. The first-order valence-electron chi connectivity index (χ1n) is 7.78. The summed E-state index contributed by atoms with van der Waals surface area (Å²) in [6, 6.07) is 12.1. The summed E-state index contributed by atoms with van der Waals surface area (Å²) < 4.78 is 39.8. The Labute approximate surface area is 147 Å². The van der Waals surface area contributed by atoms with Gasteiger partial charge in [-0.3, -0.25) is 4.68 Å². The summed E-state index contributed by atoms with van der Waals surface area (Å²) in [5.74, 6) is -1.14. The van der Waals surface area contributed by atoms with Gasteiger partial charge in [-0.15, -0.1) is 0 Å². The van der Waals surface area contributed by atoms with E-state index in [4.69, 9.17) is 0 Å². The molecule has 26 heavy (non-hydrogen) atoms. The summed E-state index contributed by atoms with van der Waals surface area (Å²) in [6.45, 7) is 1.95. The number of rotatable bonds is 4. The molecule has 1 heterocycles. The molecule has 0 fully saturated rings. The van der Waals surface area contributed by atoms with E-state index in [2.05, 4.69) is 5.10 Å². The number of aromatic nitrogens is 2. The lowest BCUT2D eigenvalue weighted by molar-refractivity contribution is -0.137. The van der Waals surface area contributed by atoms with Crippen LogP contribution >= 0.6 is 0 Å². The van der Waals surface area contributed by atoms with Crippen molar-refractivity contribution >= 4 is 5.97 Å². The lowest BCUT2D eigenvalue weighted by atomic mass is 10.1. The average Bonchev–Trinajstić information content (AvgIpc) is 2.99. The van der Waals surface area contributed by atoms with Gasteiger partial charge >= 0.3 is 12.1 Å². The van der Waals surface area contributed by atoms with Crippen LogP contribution in [0.1, 0.15) is 27.0 Å². The van der Waals surface area contributed by atoms with Crippen molar-refractivity contribution in [2.24, 2.45) is 0 Å². The van der Waals surface area contributed by atoms with Crippen LogP contribution in [0.15, 0.2) is 54.7 Å². The molecule has 0 saturated carbocycles. The van der Waals surface area contributed by atoms with E-state index in [1.807, 2.05) is 19.1 Å². The molecule has 134 valence electrons. The van der Waals surface area contributed by atoms with Gasteiger partial charge in [0.1, 0.15) is 11.3 Å². The number of halogens is 3. The molecule has 1 N–H and O–H groups in total. The Hall–Kier alpha value is -3.09. The number of benzene rings is 2. The summed E-state index contributed by atoms with van der Waals surface area (Å²) in [5, 5.41) is 13.7. The Morgan fingerprint density at radius 2 is 1.85 bits per heavy atom. The standard InChI is InChI=1S/C19H15F3N2O2/c1-12-5-7-14(8-6-12)17-16(18(25)26)11-24(23-17)10-13-3-2-4-15(9-13)19(20,21)22/h2-9,11H,10H2,1H3,(H,25,26). The van der Waals surface area contributed by atoms with Gasteiger partial charge in [-0.1, -0.05) is 42.0 Å². The molecular weight excluding hydrogens is 345 g/mol. The highest BCUT2D eigenvalue weighted by Gasteiger charge is 2.30. The molecular formula is C19H15F3N2O2. The SMILES string of the molecule is Cc1ccc(-c2nn(Cc3cccc(C(F)(F)F)c3)cc2C(=O)O)cc1. The van der Waals surface area contributed by atoms with Crippen LogP contribution in [0.3, 0.4) is 0 Å². The number of carboxylic acids is 1. The molecule has 0 bridgehead atoms. The Balaban J connectivity index is 1.96. The molecule has 3 aromatic rings. The molecule has 0 aliphatic rings. The minimum absolute atomic E-state index is 0.000768. The summed E-state index contributed by atoms with van der Waals surface area (Å²) in [7, 11) is 0. The van der Waals surface area contributed by atoms with Gasteiger partial charge in [-0.05, 0) is 24.6 Å². The van der Waals surface area contributed by atoms with E-state index in [1.165, 1.54) is 16.9 Å². The molecule has 0 aliphatic carbocycles. The minimum Gasteiger partial charge on any atom is -0.478 e. The van der Waals surface area contributed by atoms with Gasteiger partial charge in [0.25, 0.3) is 0 Å². The third kappa shape index (κ3) is 3.77. The summed E-state index contributed by atoms with van der Waals surface area (Å²) in [5.41, 5.74) is 1.57. The monoisotopic (exact) mass is 360 g/mol. The van der Waals surface area contributed by atoms with Gasteiger partial charge in [0.15, 0.2) is 0 Å². The number of aryl methyl sites for hydroxylation is 1. The van der Waals surface area contributed by atoms with Gasteiger partial charge in [0.05, 0.1) is 12.1 Å². The quantitative estimate of drug-likeness (QED) is 0.738. The number of alkyl halides is 3. The lowest BCUT2D eigenvalue weighted by Gasteiger charge is -2.08. The maximum Gasteiger partial charge on any atom is 0.416 e. The Kier molecular flexibility index (Phi) is 4.54. The third-order valence-corrected chi connectivity index (χ3v) is 3.92. The second-order valence-electron chi connectivity index (χ2n) is 5.96. The highest BCUT2D eigenvalue weighted by Crippen LogP contribution is 2.30. The van der Waals surface area contributed by atoms with Crippen LogP contribution in [0.25, 0.3) is 11.3 Å². The first kappa shape index (κ1) is 17.7. The van der Waals surface area contributed by atoms with Crippen molar-refractivity contribution in [1.29, 1.82) is 0 Å². The van der Waals surface area contributed by atoms with Crippen molar-refractivity contribution in [3.05, 3.63) is 77.0 Å². The predicted octanol–water partition coefficient (Wildman–Crippen LogP) is 4.62. The first-order valence-corrected chi connectivity index (χ1v) is 7.78. The van der Waals surface area contributed by atoms with Crippen LogP contribution in [0.4, 0.5) is 13.2 Å². The maximum absolute atomic E-state index is 12.8. The highest BCUT2D eigenvalue weighted by molar-refractivity contribution is 5.94. The number of hydrogen-bond acceptors (Lipinski definition) is 2. The largest absolute Gasteiger partial charge is 0.478 e. The van der Waals surface area contributed by atoms with Crippen molar-refractivity contribution in [3.8, 4) is 11.3 Å². The van der Waals surface area contributed by atoms with Crippen molar-refractivity contribution in [1.82, 2.24) is 9.78 Å². The number of hydrogen-bond donors (Lipinski definition) is 1. The average molecular weight is 360 g/mol. The van der Waals surface area contributed by atoms with Crippen molar-refractivity contribution < 1.29 is 23.1 Å². The van der Waals surface area contributed by atoms with Crippen LogP contribution in [-0.2, 0) is 12.7 Å². The minimum atomic E-state index is -4.43. The Bertz CT molecular complexity index is 944. The fourth-order valence-electron chi connectivity index (χ4n) is 2.62. The zero-order valence-electron chi connectivity index (χ0n) is 13.8. The summed E-state index contributed by atoms with van der Waals surface area (Å²) in [4.78, 5) is 11.5. The molecule has 0 aliphatic heterocycles. The zero-order valence-corrected chi connectivity index (χ0v) is 13.8. The second-order valence-corrected chi connectivity index (χ2v) is 5.96. The fourth-order valence-corrected chi connectivity index (χ4v) is 2.62. The van der Waals surface area contributed by atoms with E-state index in [0.29, 0.717) is 11.1 Å². The molecule has 0 radical (unpaired) electrons. The van der Waals surface area contributed by atoms with E-state index in [-0.39, 0.29) is 17.8 Å². The van der Waals surface area contributed by atoms with Crippen LogP contribution in [0.2, 0.25) is 0 Å². The van der Waals surface area contributed by atoms with E-state index in [0.717, 1.165) is 17.7 Å². The zero-order chi connectivity index (χ0) is 18.9. The van der Waals surface area contributed by atoms with Crippen molar-refractivity contribution in [3.63, 3.8) is 0 Å². The van der Waals surface area contributed by atoms with Crippen LogP contribution in [0, 0.1) is 6.92 Å². The van der Waals surface area contributed by atoms with Gasteiger partial charge < -0.3 is 5.11 Å². The number of nitrogens with zero attached hydrogens (tertiary/aromatic N) is 2. The molecule has 0 atom stereocenters. The smallest absolute Gasteiger partial charge is 0.416 e. The normalized spacial score (nSPS) is 11.5. The Morgan fingerprint density at radius 1 is 1.15 bits per heavy atom. The molecule has 0 unspecified atom stereocenters. The van der Waals surface area contributed by atoms with E-state index in [1.54, 1.807) is 18.2 Å². The first-order chi connectivity index (χ1) is 12.2. The second kappa shape index (κ2) is 6.67. The van der Waals surface area contributed by atoms with Gasteiger partial charge in [0.2, 0.25) is 0 Å². The predicted molar refractivity (Wildman–Crippen MR) is 89.9 cm³/mol. The van der Waals surface area contributed by atoms with E-state index >= 15 is 0 Å². The summed E-state index contributed by atoms with van der Waals surface area (Å²) in [6.07, 6.45) is -3.10. The number of aromatic carboxylic acids is 1. The van der Waals surface area contributed by atoms with Gasteiger partial charge in [0, 0.05) is 11.8 Å². The Morgan fingerprint density at radius 3 is 2.46 bits per heavy atom. The van der Waals surface area contributed by atoms with Crippen molar-refractivity contribution in [2.45, 2.75) is 19.6 Å². The number of carboxylic acid groups (broad SMARTS) is 1. The molecule has 3 rings (SSSR count). The van der Waals surface area contributed by atoms with Gasteiger partial charge in [-0.2, -0.15) is 18.3 Å². The molecule has 0 spiro atoms. The lowest BCUT2D eigenvalue weighted by Crippen LogP contribution is -2.07. The van der Waals surface area contributed by atoms with Crippen LogP contribution in [0.5, 0.6) is 0 Å². The third-order valence-electron chi connectivity index (χ3n) is 3.92. The molecule has 2 aromatic carbocycles. The van der Waals surface area contributed by atoms with Crippen LogP contribution < -0.4 is 0 Å². The van der Waals surface area contributed by atoms with Gasteiger partial charge in [-0.25, -0.2) is 4.79 Å². The topological polar surface area (TPSA) is 55.1 Å². The molecule has 1 aromatic heterocycles. The fraction of sp³-hybridized carbons (Fsp3) is 0.158. The molecule has 0 amide bonds. The maximum atomic E-state index is 12.8. The molecule has 4 nitrogen and oxygen atoms in total. The van der Waals surface area contributed by atoms with E-state index < -0.39 is 17.7 Å². The molecule has 7 heteroatoms. The van der Waals surface area contributed by atoms with Crippen molar-refractivity contribution in [2.75, 3.05) is 0 Å². The summed E-state index contributed by atoms with van der Waals surface area (Å²) >= 11 is 0. The molecule has 0 saturated heterocycles. The van der Waals surface area contributed by atoms with E-state index in [9.17, 15) is 23.1 Å². The number of carbonyl (C=O) groups is 1. The van der Waals surface area contributed by atoms with Crippen LogP contribution in [-0.4, -0.2) is 20.9 Å².